The van der Waals surface area contributed by atoms with Gasteiger partial charge >= 0.3 is 0 Å². The number of hydrogen-bond donors (Lipinski definition) is 1. The van der Waals surface area contributed by atoms with Crippen LogP contribution in [0, 0.1) is 0 Å². The van der Waals surface area contributed by atoms with E-state index in [1.807, 2.05) is 42.5 Å². The van der Waals surface area contributed by atoms with E-state index in [4.69, 9.17) is 24.2 Å². The summed E-state index contributed by atoms with van der Waals surface area (Å²) in [4.78, 5) is 11.7. The molecule has 3 aromatic rings. The molecular formula is C21H20N4O3. The fourth-order valence-corrected chi connectivity index (χ4v) is 3.30. The second-order valence-electron chi connectivity index (χ2n) is 6.59. The Balaban J connectivity index is 1.50. The van der Waals surface area contributed by atoms with Gasteiger partial charge in [0.1, 0.15) is 5.82 Å². The van der Waals surface area contributed by atoms with Crippen molar-refractivity contribution >= 4 is 17.5 Å². The van der Waals surface area contributed by atoms with Gasteiger partial charge in [0.2, 0.25) is 12.7 Å². The van der Waals surface area contributed by atoms with Crippen LogP contribution in [0.15, 0.2) is 54.6 Å². The number of ether oxygens (including phenoxy) is 3. The zero-order valence-electron chi connectivity index (χ0n) is 15.3. The van der Waals surface area contributed by atoms with Gasteiger partial charge in [0.25, 0.3) is 0 Å². The molecular weight excluding hydrogens is 356 g/mol. The quantitative estimate of drug-likeness (QED) is 0.748. The number of nitrogens with one attached hydrogen (secondary N) is 1. The number of benzene rings is 2. The summed E-state index contributed by atoms with van der Waals surface area (Å²) in [6.45, 7) is 3.29. The Hall–Kier alpha value is -3.32. The van der Waals surface area contributed by atoms with Crippen molar-refractivity contribution in [3.8, 4) is 22.8 Å². The first-order valence-corrected chi connectivity index (χ1v) is 9.29. The maximum absolute atomic E-state index is 5.48. The molecule has 3 heterocycles. The third-order valence-corrected chi connectivity index (χ3v) is 4.75. The first-order valence-electron chi connectivity index (χ1n) is 9.29. The van der Waals surface area contributed by atoms with E-state index in [2.05, 4.69) is 22.3 Å². The summed E-state index contributed by atoms with van der Waals surface area (Å²) in [7, 11) is 0. The van der Waals surface area contributed by atoms with Crippen molar-refractivity contribution in [2.24, 2.45) is 0 Å². The molecule has 0 bridgehead atoms. The Morgan fingerprint density at radius 3 is 2.54 bits per heavy atom. The maximum Gasteiger partial charge on any atom is 0.231 e. The molecule has 28 heavy (non-hydrogen) atoms. The fourth-order valence-electron chi connectivity index (χ4n) is 3.30. The largest absolute Gasteiger partial charge is 0.454 e. The van der Waals surface area contributed by atoms with Crippen molar-refractivity contribution in [3.05, 3.63) is 54.6 Å². The second-order valence-corrected chi connectivity index (χ2v) is 6.59. The number of aromatic nitrogens is 2. The van der Waals surface area contributed by atoms with Crippen molar-refractivity contribution in [3.63, 3.8) is 0 Å². The monoisotopic (exact) mass is 376 g/mol. The number of rotatable bonds is 4. The fraction of sp³-hybridized carbons (Fsp3) is 0.238. The Bertz CT molecular complexity index is 975. The van der Waals surface area contributed by atoms with Crippen molar-refractivity contribution in [2.45, 2.75) is 0 Å². The molecule has 1 aromatic heterocycles. The van der Waals surface area contributed by atoms with Crippen LogP contribution >= 0.6 is 0 Å². The number of morpholine rings is 1. The minimum absolute atomic E-state index is 0.250. The third kappa shape index (κ3) is 3.44. The molecule has 0 atom stereocenters. The highest BCUT2D eigenvalue weighted by Crippen LogP contribution is 2.35. The van der Waals surface area contributed by atoms with Crippen LogP contribution in [0.3, 0.4) is 0 Å². The van der Waals surface area contributed by atoms with Crippen LogP contribution in [0.25, 0.3) is 11.3 Å². The normalized spacial score (nSPS) is 15.5. The zero-order chi connectivity index (χ0) is 18.8. The van der Waals surface area contributed by atoms with Crippen molar-refractivity contribution in [2.75, 3.05) is 43.3 Å². The van der Waals surface area contributed by atoms with Crippen LogP contribution in [0.1, 0.15) is 0 Å². The van der Waals surface area contributed by atoms with Gasteiger partial charge in [-0.3, -0.25) is 0 Å². The predicted molar refractivity (Wildman–Crippen MR) is 106 cm³/mol. The molecule has 0 radical (unpaired) electrons. The van der Waals surface area contributed by atoms with Crippen molar-refractivity contribution in [1.82, 2.24) is 9.97 Å². The molecule has 0 saturated carbocycles. The molecule has 142 valence electrons. The van der Waals surface area contributed by atoms with Crippen LogP contribution in [0.2, 0.25) is 0 Å². The molecule has 2 aliphatic heterocycles. The summed E-state index contributed by atoms with van der Waals surface area (Å²) in [5.74, 6) is 2.90. The van der Waals surface area contributed by atoms with E-state index in [1.165, 1.54) is 0 Å². The number of hydrogen-bond acceptors (Lipinski definition) is 7. The molecule has 2 aromatic carbocycles. The van der Waals surface area contributed by atoms with Crippen molar-refractivity contribution in [1.29, 1.82) is 0 Å². The molecule has 0 aliphatic carbocycles. The average molecular weight is 376 g/mol. The number of fused-ring (bicyclic) bond motifs is 1. The van der Waals surface area contributed by atoms with E-state index in [-0.39, 0.29) is 6.79 Å². The van der Waals surface area contributed by atoms with E-state index < -0.39 is 0 Å². The summed E-state index contributed by atoms with van der Waals surface area (Å²) in [6.07, 6.45) is 0. The van der Waals surface area contributed by atoms with Crippen LogP contribution in [0.4, 0.5) is 17.5 Å². The molecule has 1 fully saturated rings. The van der Waals surface area contributed by atoms with Gasteiger partial charge < -0.3 is 24.4 Å². The minimum atomic E-state index is 0.250. The molecule has 5 rings (SSSR count). The molecule has 1 N–H and O–H groups in total. The molecule has 1 saturated heterocycles. The van der Waals surface area contributed by atoms with E-state index in [1.54, 1.807) is 0 Å². The van der Waals surface area contributed by atoms with Crippen LogP contribution in [-0.4, -0.2) is 43.1 Å². The highest BCUT2D eigenvalue weighted by atomic mass is 16.7. The van der Waals surface area contributed by atoms with Gasteiger partial charge in [-0.15, -0.1) is 0 Å². The molecule has 0 spiro atoms. The summed E-state index contributed by atoms with van der Waals surface area (Å²) < 4.78 is 16.3. The Morgan fingerprint density at radius 1 is 0.857 bits per heavy atom. The van der Waals surface area contributed by atoms with Gasteiger partial charge in [-0.2, -0.15) is 4.98 Å². The molecule has 2 aliphatic rings. The Kier molecular flexibility index (Phi) is 4.42. The maximum atomic E-state index is 5.48. The first-order chi connectivity index (χ1) is 13.8. The lowest BCUT2D eigenvalue weighted by molar-refractivity contribution is 0.122. The first kappa shape index (κ1) is 16.8. The van der Waals surface area contributed by atoms with E-state index in [0.717, 1.165) is 47.4 Å². The average Bonchev–Trinajstić information content (AvgIpc) is 3.23. The highest BCUT2D eigenvalue weighted by molar-refractivity contribution is 5.67. The van der Waals surface area contributed by atoms with Gasteiger partial charge in [-0.05, 0) is 12.1 Å². The van der Waals surface area contributed by atoms with E-state index >= 15 is 0 Å². The summed E-state index contributed by atoms with van der Waals surface area (Å²) in [5, 5.41) is 3.31. The van der Waals surface area contributed by atoms with Gasteiger partial charge in [0, 0.05) is 36.5 Å². The molecule has 0 amide bonds. The number of nitrogens with zero attached hydrogens (tertiary/aromatic N) is 3. The van der Waals surface area contributed by atoms with Crippen LogP contribution in [0.5, 0.6) is 11.5 Å². The van der Waals surface area contributed by atoms with Crippen molar-refractivity contribution < 1.29 is 14.2 Å². The summed E-state index contributed by atoms with van der Waals surface area (Å²) in [5.41, 5.74) is 2.77. The molecule has 7 nitrogen and oxygen atoms in total. The van der Waals surface area contributed by atoms with E-state index in [9.17, 15) is 0 Å². The highest BCUT2D eigenvalue weighted by Gasteiger charge is 2.17. The van der Waals surface area contributed by atoms with E-state index in [0.29, 0.717) is 19.2 Å². The third-order valence-electron chi connectivity index (χ3n) is 4.75. The smallest absolute Gasteiger partial charge is 0.231 e. The summed E-state index contributed by atoms with van der Waals surface area (Å²) >= 11 is 0. The summed E-state index contributed by atoms with van der Waals surface area (Å²) in [6, 6.07) is 17.9. The van der Waals surface area contributed by atoms with Gasteiger partial charge in [-0.25, -0.2) is 4.98 Å². The SMILES string of the molecule is c1ccc(-c2cc(N3CCOCC3)nc(Nc3ccc4c(c3)OCO4)n2)cc1. The standard InChI is InChI=1S/C21H20N4O3/c1-2-4-15(5-3-1)17-13-20(25-8-10-26-11-9-25)24-21(23-17)22-16-6-7-18-19(12-16)28-14-27-18/h1-7,12-13H,8-11,14H2,(H,22,23,24). The molecule has 0 unspecified atom stereocenters. The Morgan fingerprint density at radius 2 is 1.68 bits per heavy atom. The minimum Gasteiger partial charge on any atom is -0.454 e. The number of anilines is 3. The van der Waals surface area contributed by atoms with Gasteiger partial charge in [-0.1, -0.05) is 30.3 Å². The van der Waals surface area contributed by atoms with Crippen LogP contribution < -0.4 is 19.7 Å². The van der Waals surface area contributed by atoms with Crippen LogP contribution in [-0.2, 0) is 4.74 Å². The zero-order valence-corrected chi connectivity index (χ0v) is 15.3. The predicted octanol–water partition coefficient (Wildman–Crippen LogP) is 3.45. The Labute approximate surface area is 162 Å². The molecule has 7 heteroatoms. The van der Waals surface area contributed by atoms with Gasteiger partial charge in [0.05, 0.1) is 18.9 Å². The lowest BCUT2D eigenvalue weighted by Gasteiger charge is -2.28. The van der Waals surface area contributed by atoms with Gasteiger partial charge in [0.15, 0.2) is 11.5 Å². The lowest BCUT2D eigenvalue weighted by atomic mass is 10.1. The lowest BCUT2D eigenvalue weighted by Crippen LogP contribution is -2.36. The second kappa shape index (κ2) is 7.36. The topological polar surface area (TPSA) is 68.7 Å².